The van der Waals surface area contributed by atoms with E-state index < -0.39 is 30.4 Å². The molecule has 0 unspecified atom stereocenters. The highest BCUT2D eigenvalue weighted by Crippen LogP contribution is 2.27. The van der Waals surface area contributed by atoms with E-state index in [9.17, 15) is 9.59 Å². The van der Waals surface area contributed by atoms with Gasteiger partial charge >= 0.3 is 11.9 Å². The smallest absolute Gasteiger partial charge is 0.335 e. The van der Waals surface area contributed by atoms with E-state index in [0.29, 0.717) is 12.2 Å². The molecule has 0 radical (unpaired) electrons. The van der Waals surface area contributed by atoms with Crippen LogP contribution in [0.15, 0.2) is 24.3 Å². The van der Waals surface area contributed by atoms with Crippen LogP contribution in [0.2, 0.25) is 0 Å². The van der Waals surface area contributed by atoms with E-state index in [-0.39, 0.29) is 12.5 Å². The van der Waals surface area contributed by atoms with Gasteiger partial charge in [-0.3, -0.25) is 16.1 Å². The summed E-state index contributed by atoms with van der Waals surface area (Å²) in [7, 11) is 1.28. The summed E-state index contributed by atoms with van der Waals surface area (Å²) in [6.07, 6.45) is -0.610. The summed E-state index contributed by atoms with van der Waals surface area (Å²) in [6, 6.07) is 7.50. The highest BCUT2D eigenvalue weighted by Gasteiger charge is 2.37. The average Bonchev–Trinajstić information content (AvgIpc) is 2.62. The van der Waals surface area contributed by atoms with Crippen LogP contribution in [-0.4, -0.2) is 37.5 Å². The summed E-state index contributed by atoms with van der Waals surface area (Å²) in [5.41, 5.74) is 3.79. The van der Waals surface area contributed by atoms with Crippen LogP contribution >= 0.6 is 0 Å². The van der Waals surface area contributed by atoms with Gasteiger partial charge in [0.25, 0.3) is 0 Å². The third-order valence-corrected chi connectivity index (χ3v) is 4.20. The highest BCUT2D eigenvalue weighted by molar-refractivity contribution is 5.74. The van der Waals surface area contributed by atoms with Crippen molar-refractivity contribution in [2.75, 3.05) is 7.11 Å². The van der Waals surface area contributed by atoms with E-state index in [4.69, 9.17) is 24.8 Å². The van der Waals surface area contributed by atoms with Crippen molar-refractivity contribution in [3.8, 4) is 5.75 Å². The normalized spacial score (nSPS) is 23.8. The van der Waals surface area contributed by atoms with Gasteiger partial charge < -0.3 is 18.9 Å². The van der Waals surface area contributed by atoms with Crippen molar-refractivity contribution in [1.82, 2.24) is 5.43 Å². The molecule has 3 N–H and O–H groups in total. The molecular weight excluding hydrogens is 340 g/mol. The summed E-state index contributed by atoms with van der Waals surface area (Å²) in [5.74, 6) is 5.17. The predicted octanol–water partition coefficient (Wildman–Crippen LogP) is 1.59. The highest BCUT2D eigenvalue weighted by atomic mass is 16.7. The van der Waals surface area contributed by atoms with Crippen LogP contribution in [0.5, 0.6) is 5.75 Å². The number of carbonyl (C=O) groups is 2. The summed E-state index contributed by atoms with van der Waals surface area (Å²) in [4.78, 5) is 23.1. The second-order valence-electron chi connectivity index (χ2n) is 6.09. The first-order valence-corrected chi connectivity index (χ1v) is 8.60. The minimum atomic E-state index is -0.840. The molecule has 8 nitrogen and oxygen atoms in total. The minimum absolute atomic E-state index is 0.0621. The Morgan fingerprint density at radius 2 is 2.00 bits per heavy atom. The Hall–Kier alpha value is -2.16. The Labute approximate surface area is 152 Å². The van der Waals surface area contributed by atoms with Crippen LogP contribution in [0.4, 0.5) is 0 Å². The summed E-state index contributed by atoms with van der Waals surface area (Å²) >= 11 is 0. The summed E-state index contributed by atoms with van der Waals surface area (Å²) in [6.45, 7) is 3.36. The van der Waals surface area contributed by atoms with Crippen molar-refractivity contribution in [3.05, 3.63) is 29.8 Å². The van der Waals surface area contributed by atoms with E-state index >= 15 is 0 Å². The molecule has 0 amide bonds. The van der Waals surface area contributed by atoms with E-state index in [1.165, 1.54) is 14.0 Å². The van der Waals surface area contributed by atoms with Crippen molar-refractivity contribution < 1.29 is 28.5 Å². The van der Waals surface area contributed by atoms with Crippen LogP contribution in [-0.2, 0) is 23.8 Å². The Bertz CT molecular complexity index is 602. The standard InChI is InChI=1S/C18H26N2O6/c1-4-15(20-19)12-5-7-13(8-6-12)25-17-10-14(24-11(2)21)9-16(26-17)18(22)23-3/h5-8,14-17,20H,4,9-10,19H2,1-3H3/t14-,15-,16-,17+/m0/s1. The number of rotatable bonds is 7. The number of methoxy groups -OCH3 is 1. The number of esters is 2. The first-order valence-electron chi connectivity index (χ1n) is 8.60. The first kappa shape index (κ1) is 20.2. The van der Waals surface area contributed by atoms with Gasteiger partial charge in [-0.15, -0.1) is 0 Å². The Morgan fingerprint density at radius 1 is 1.31 bits per heavy atom. The molecular formula is C18H26N2O6. The third-order valence-electron chi connectivity index (χ3n) is 4.20. The Balaban J connectivity index is 2.05. The molecule has 0 aliphatic carbocycles. The summed E-state index contributed by atoms with van der Waals surface area (Å²) in [5, 5.41) is 0. The van der Waals surface area contributed by atoms with Gasteiger partial charge in [0.2, 0.25) is 6.29 Å². The van der Waals surface area contributed by atoms with Crippen molar-refractivity contribution >= 4 is 11.9 Å². The van der Waals surface area contributed by atoms with Gasteiger partial charge in [0.05, 0.1) is 7.11 Å². The van der Waals surface area contributed by atoms with Crippen LogP contribution in [0.3, 0.4) is 0 Å². The quantitative estimate of drug-likeness (QED) is 0.425. The molecule has 1 heterocycles. The fourth-order valence-corrected chi connectivity index (χ4v) is 2.91. The molecule has 1 aromatic rings. The molecule has 1 aliphatic heterocycles. The molecule has 8 heteroatoms. The van der Waals surface area contributed by atoms with Crippen LogP contribution in [0, 0.1) is 0 Å². The maximum atomic E-state index is 11.8. The Kier molecular flexibility index (Phi) is 7.38. The molecule has 1 aliphatic rings. The number of nitrogens with two attached hydrogens (primary N) is 1. The van der Waals surface area contributed by atoms with Crippen molar-refractivity contribution in [3.63, 3.8) is 0 Å². The number of hydrazine groups is 1. The zero-order valence-corrected chi connectivity index (χ0v) is 15.3. The molecule has 0 bridgehead atoms. The predicted molar refractivity (Wildman–Crippen MR) is 92.9 cm³/mol. The van der Waals surface area contributed by atoms with E-state index in [1.807, 2.05) is 19.1 Å². The largest absolute Gasteiger partial charge is 0.467 e. The maximum absolute atomic E-state index is 11.8. The van der Waals surface area contributed by atoms with E-state index in [1.54, 1.807) is 12.1 Å². The SMILES string of the molecule is CC[C@H](NN)c1ccc(O[C@H]2C[C@@H](OC(C)=O)C[C@@H](C(=O)OC)O2)cc1. The van der Waals surface area contributed by atoms with Crippen LogP contribution < -0.4 is 16.0 Å². The maximum Gasteiger partial charge on any atom is 0.335 e. The van der Waals surface area contributed by atoms with Gasteiger partial charge in [-0.2, -0.15) is 0 Å². The monoisotopic (exact) mass is 366 g/mol. The molecule has 2 rings (SSSR count). The molecule has 0 saturated carbocycles. The number of benzene rings is 1. The minimum Gasteiger partial charge on any atom is -0.467 e. The summed E-state index contributed by atoms with van der Waals surface area (Å²) < 4.78 is 21.4. The second kappa shape index (κ2) is 9.51. The third kappa shape index (κ3) is 5.42. The lowest BCUT2D eigenvalue weighted by Crippen LogP contribution is -2.44. The number of hydrogen-bond donors (Lipinski definition) is 2. The Morgan fingerprint density at radius 3 is 2.54 bits per heavy atom. The lowest BCUT2D eigenvalue weighted by molar-refractivity contribution is -0.204. The van der Waals surface area contributed by atoms with E-state index in [2.05, 4.69) is 5.43 Å². The van der Waals surface area contributed by atoms with Crippen molar-refractivity contribution in [2.24, 2.45) is 5.84 Å². The van der Waals surface area contributed by atoms with Gasteiger partial charge in [-0.1, -0.05) is 19.1 Å². The molecule has 144 valence electrons. The second-order valence-corrected chi connectivity index (χ2v) is 6.09. The van der Waals surface area contributed by atoms with Gasteiger partial charge in [-0.05, 0) is 24.1 Å². The molecule has 1 aromatic carbocycles. The first-order chi connectivity index (χ1) is 12.5. The average molecular weight is 366 g/mol. The molecule has 1 saturated heterocycles. The fourth-order valence-electron chi connectivity index (χ4n) is 2.91. The number of carbonyl (C=O) groups excluding carboxylic acids is 2. The van der Waals surface area contributed by atoms with Crippen molar-refractivity contribution in [2.45, 2.75) is 57.6 Å². The number of nitrogens with one attached hydrogen (secondary N) is 1. The van der Waals surface area contributed by atoms with E-state index in [0.717, 1.165) is 12.0 Å². The van der Waals surface area contributed by atoms with Crippen molar-refractivity contribution in [1.29, 1.82) is 0 Å². The topological polar surface area (TPSA) is 109 Å². The number of hydrogen-bond acceptors (Lipinski definition) is 8. The van der Waals surface area contributed by atoms with Gasteiger partial charge in [0, 0.05) is 25.8 Å². The zero-order valence-electron chi connectivity index (χ0n) is 15.3. The zero-order chi connectivity index (χ0) is 19.1. The van der Waals surface area contributed by atoms with Gasteiger partial charge in [-0.25, -0.2) is 4.79 Å². The molecule has 0 spiro atoms. The fraction of sp³-hybridized carbons (Fsp3) is 0.556. The lowest BCUT2D eigenvalue weighted by atomic mass is 10.0. The lowest BCUT2D eigenvalue weighted by Gasteiger charge is -2.33. The molecule has 1 fully saturated rings. The molecule has 0 aromatic heterocycles. The molecule has 26 heavy (non-hydrogen) atoms. The molecule has 4 atom stereocenters. The van der Waals surface area contributed by atoms with Gasteiger partial charge in [0.1, 0.15) is 11.9 Å². The van der Waals surface area contributed by atoms with Crippen LogP contribution in [0.1, 0.15) is 44.7 Å². The van der Waals surface area contributed by atoms with Crippen LogP contribution in [0.25, 0.3) is 0 Å². The number of ether oxygens (including phenoxy) is 4. The van der Waals surface area contributed by atoms with Gasteiger partial charge in [0.15, 0.2) is 6.10 Å².